The minimum atomic E-state index is 0.981. The molecule has 0 spiro atoms. The van der Waals surface area contributed by atoms with E-state index in [1.54, 1.807) is 0 Å². The van der Waals surface area contributed by atoms with Gasteiger partial charge in [-0.2, -0.15) is 0 Å². The lowest BCUT2D eigenvalue weighted by Gasteiger charge is -2.04. The van der Waals surface area contributed by atoms with E-state index in [2.05, 4.69) is 22.4 Å². The van der Waals surface area contributed by atoms with Gasteiger partial charge in [0, 0.05) is 0 Å². The summed E-state index contributed by atoms with van der Waals surface area (Å²) in [5, 5.41) is 0. The Balaban J connectivity index is 2.93. The van der Waals surface area contributed by atoms with Crippen LogP contribution in [0.1, 0.15) is 135 Å². The molecule has 0 saturated heterocycles. The van der Waals surface area contributed by atoms with Crippen LogP contribution in [0.15, 0.2) is 0 Å². The second kappa shape index (κ2) is 23.9. The van der Waals surface area contributed by atoms with Crippen molar-refractivity contribution >= 4 is 22.8 Å². The largest absolute Gasteiger partial charge is 0.0654 e. The average molecular weight is 421 g/mol. The fraction of sp³-hybridized carbons (Fsp3) is 1.00. The number of unbranched alkanes of at least 4 members (excludes halogenated alkanes) is 19. The van der Waals surface area contributed by atoms with Crippen molar-refractivity contribution in [1.29, 1.82) is 0 Å². The Kier molecular flexibility index (Phi) is 24.8. The van der Waals surface area contributed by atoms with E-state index in [1.165, 1.54) is 135 Å². The summed E-state index contributed by atoms with van der Waals surface area (Å²) >= 11 is 3.53. The van der Waals surface area contributed by atoms with Crippen LogP contribution in [0, 0.1) is 0 Å². The van der Waals surface area contributed by atoms with Crippen LogP contribution >= 0.6 is 22.8 Å². The smallest absolute Gasteiger partial charge is 0.0255 e. The molecule has 24 heavy (non-hydrogen) atoms. The molecule has 0 radical (unpaired) electrons. The summed E-state index contributed by atoms with van der Waals surface area (Å²) in [6.45, 7) is 2.30. The van der Waals surface area contributed by atoms with Crippen LogP contribution in [0.3, 0.4) is 0 Å². The molecule has 146 valence electrons. The normalized spacial score (nSPS) is 11.8. The van der Waals surface area contributed by atoms with Gasteiger partial charge in [-0.1, -0.05) is 152 Å². The quantitative estimate of drug-likeness (QED) is 0.128. The van der Waals surface area contributed by atoms with Gasteiger partial charge in [-0.25, -0.2) is 0 Å². The molecule has 0 aliphatic heterocycles. The Morgan fingerprint density at radius 2 is 0.667 bits per heavy atom. The number of hydrogen-bond donors (Lipinski definition) is 0. The van der Waals surface area contributed by atoms with Crippen LogP contribution < -0.4 is 0 Å². The van der Waals surface area contributed by atoms with Crippen LogP contribution in [0.5, 0.6) is 0 Å². The van der Waals surface area contributed by atoms with Gasteiger partial charge in [0.15, 0.2) is 0 Å². The van der Waals surface area contributed by atoms with E-state index >= 15 is 0 Å². The SMILES string of the molecule is CCCCCCCCCCCCCCCCCCCCCCPBr. The van der Waals surface area contributed by atoms with Gasteiger partial charge in [0.1, 0.15) is 0 Å². The maximum absolute atomic E-state index is 3.53. The first kappa shape index (κ1) is 24.9. The maximum atomic E-state index is 3.53. The molecule has 0 N–H and O–H groups in total. The lowest BCUT2D eigenvalue weighted by Crippen LogP contribution is -1.84. The van der Waals surface area contributed by atoms with E-state index in [1.807, 2.05) is 0 Å². The second-order valence-corrected chi connectivity index (χ2v) is 10.1. The third-order valence-corrected chi connectivity index (χ3v) is 6.86. The van der Waals surface area contributed by atoms with Crippen LogP contribution in [0.4, 0.5) is 0 Å². The molecule has 0 aromatic carbocycles. The first-order valence-electron chi connectivity index (χ1n) is 11.2. The first-order chi connectivity index (χ1) is 11.9. The highest BCUT2D eigenvalue weighted by atomic mass is 79.9. The van der Waals surface area contributed by atoms with Crippen molar-refractivity contribution in [1.82, 2.24) is 0 Å². The van der Waals surface area contributed by atoms with E-state index < -0.39 is 0 Å². The molecule has 2 heteroatoms. The maximum Gasteiger partial charge on any atom is -0.0255 e. The predicted molar refractivity (Wildman–Crippen MR) is 120 cm³/mol. The van der Waals surface area contributed by atoms with Crippen LogP contribution in [0.2, 0.25) is 0 Å². The van der Waals surface area contributed by atoms with Crippen molar-refractivity contribution < 1.29 is 0 Å². The molecule has 0 fully saturated rings. The number of halogens is 1. The van der Waals surface area contributed by atoms with E-state index in [0.717, 1.165) is 7.28 Å². The van der Waals surface area contributed by atoms with Gasteiger partial charge < -0.3 is 0 Å². The molecular weight excluding hydrogens is 375 g/mol. The molecule has 0 amide bonds. The fourth-order valence-electron chi connectivity index (χ4n) is 3.45. The molecule has 0 aromatic rings. The Morgan fingerprint density at radius 3 is 0.917 bits per heavy atom. The average Bonchev–Trinajstić information content (AvgIpc) is 2.60. The number of rotatable bonds is 21. The van der Waals surface area contributed by atoms with Crippen molar-refractivity contribution in [3.05, 3.63) is 0 Å². The summed E-state index contributed by atoms with van der Waals surface area (Å²) in [7, 11) is 0.981. The summed E-state index contributed by atoms with van der Waals surface area (Å²) in [5.41, 5.74) is 0. The van der Waals surface area contributed by atoms with Gasteiger partial charge in [-0.15, -0.1) is 0 Å². The van der Waals surface area contributed by atoms with Crippen LogP contribution in [-0.2, 0) is 0 Å². The molecular formula is C22H46BrP. The van der Waals surface area contributed by atoms with Gasteiger partial charge in [-0.3, -0.25) is 0 Å². The molecule has 0 nitrogen and oxygen atoms in total. The van der Waals surface area contributed by atoms with E-state index in [-0.39, 0.29) is 0 Å². The standard InChI is InChI=1S/C22H46BrP/c1-2-3-4-5-6-7-8-9-10-11-12-13-14-15-16-17-18-19-20-21-22-24-23/h24H,2-22H2,1H3. The Morgan fingerprint density at radius 1 is 0.417 bits per heavy atom. The van der Waals surface area contributed by atoms with Crippen molar-refractivity contribution in [2.45, 2.75) is 135 Å². The minimum Gasteiger partial charge on any atom is -0.0654 e. The van der Waals surface area contributed by atoms with E-state index in [4.69, 9.17) is 0 Å². The highest BCUT2D eigenvalue weighted by Crippen LogP contribution is 2.21. The lowest BCUT2D eigenvalue weighted by atomic mass is 10.0. The Hall–Kier alpha value is 0.910. The zero-order valence-corrected chi connectivity index (χ0v) is 19.3. The van der Waals surface area contributed by atoms with Gasteiger partial charge in [-0.05, 0) is 12.6 Å². The molecule has 0 aliphatic rings. The summed E-state index contributed by atoms with van der Waals surface area (Å²) in [4.78, 5) is 0. The van der Waals surface area contributed by atoms with Gasteiger partial charge in [0.25, 0.3) is 0 Å². The molecule has 0 rings (SSSR count). The van der Waals surface area contributed by atoms with Crippen molar-refractivity contribution in [3.63, 3.8) is 0 Å². The lowest BCUT2D eigenvalue weighted by molar-refractivity contribution is 0.523. The third kappa shape index (κ3) is 22.9. The van der Waals surface area contributed by atoms with E-state index in [0.29, 0.717) is 0 Å². The molecule has 1 unspecified atom stereocenters. The summed E-state index contributed by atoms with van der Waals surface area (Å²) < 4.78 is 0. The molecule has 0 saturated carbocycles. The Bertz CT molecular complexity index is 186. The van der Waals surface area contributed by atoms with Gasteiger partial charge in [0.05, 0.1) is 0 Å². The van der Waals surface area contributed by atoms with Crippen molar-refractivity contribution in [3.8, 4) is 0 Å². The highest BCUT2D eigenvalue weighted by molar-refractivity contribution is 9.36. The molecule has 0 heterocycles. The minimum absolute atomic E-state index is 0.981. The van der Waals surface area contributed by atoms with Crippen molar-refractivity contribution in [2.24, 2.45) is 0 Å². The van der Waals surface area contributed by atoms with E-state index in [9.17, 15) is 0 Å². The van der Waals surface area contributed by atoms with Gasteiger partial charge >= 0.3 is 0 Å². The monoisotopic (exact) mass is 420 g/mol. The third-order valence-electron chi connectivity index (χ3n) is 5.12. The zero-order chi connectivity index (χ0) is 17.6. The fourth-order valence-corrected chi connectivity index (χ4v) is 4.67. The summed E-state index contributed by atoms with van der Waals surface area (Å²) in [5.74, 6) is 0. The Labute approximate surface area is 164 Å². The molecule has 0 aromatic heterocycles. The topological polar surface area (TPSA) is 0 Å². The molecule has 0 bridgehead atoms. The van der Waals surface area contributed by atoms with Crippen LogP contribution in [0.25, 0.3) is 0 Å². The molecule has 0 aliphatic carbocycles. The van der Waals surface area contributed by atoms with Crippen LogP contribution in [-0.4, -0.2) is 6.16 Å². The molecule has 1 atom stereocenters. The summed E-state index contributed by atoms with van der Waals surface area (Å²) in [6, 6.07) is 0. The van der Waals surface area contributed by atoms with Gasteiger partial charge in [0.2, 0.25) is 0 Å². The highest BCUT2D eigenvalue weighted by Gasteiger charge is 1.95. The second-order valence-electron chi connectivity index (χ2n) is 7.60. The summed E-state index contributed by atoms with van der Waals surface area (Å²) in [6.07, 6.45) is 30.8. The zero-order valence-electron chi connectivity index (χ0n) is 16.7. The predicted octanol–water partition coefficient (Wildman–Crippen LogP) is 9.80. The number of hydrogen-bond acceptors (Lipinski definition) is 0. The van der Waals surface area contributed by atoms with Crippen molar-refractivity contribution in [2.75, 3.05) is 6.16 Å². The first-order valence-corrected chi connectivity index (χ1v) is 14.7.